The minimum absolute atomic E-state index is 0.0850. The third kappa shape index (κ3) is 2.88. The summed E-state index contributed by atoms with van der Waals surface area (Å²) in [6, 6.07) is 1.59. The quantitative estimate of drug-likeness (QED) is 0.780. The fourth-order valence-electron chi connectivity index (χ4n) is 2.48. The minimum Gasteiger partial charge on any atom is -0.378 e. The van der Waals surface area contributed by atoms with Gasteiger partial charge in [-0.2, -0.15) is 4.31 Å². The highest BCUT2D eigenvalue weighted by atomic mass is 35.5. The lowest BCUT2D eigenvalue weighted by Gasteiger charge is -2.33. The smallest absolute Gasteiger partial charge is 0.245 e. The molecule has 1 unspecified atom stereocenters. The van der Waals surface area contributed by atoms with Crippen molar-refractivity contribution in [1.82, 2.24) is 8.87 Å². The van der Waals surface area contributed by atoms with E-state index in [2.05, 4.69) is 0 Å². The zero-order valence-corrected chi connectivity index (χ0v) is 13.5. The van der Waals surface area contributed by atoms with E-state index in [1.54, 1.807) is 16.6 Å². The molecule has 0 spiro atoms. The number of hydrogen-bond acceptors (Lipinski definition) is 3. The van der Waals surface area contributed by atoms with Crippen LogP contribution in [-0.2, 0) is 27.2 Å². The van der Waals surface area contributed by atoms with Crippen molar-refractivity contribution in [2.24, 2.45) is 0 Å². The number of alkyl halides is 1. The molecule has 2 rings (SSSR count). The van der Waals surface area contributed by atoms with Gasteiger partial charge in [0, 0.05) is 31.0 Å². The molecule has 0 aliphatic carbocycles. The van der Waals surface area contributed by atoms with Gasteiger partial charge in [0.25, 0.3) is 0 Å². The van der Waals surface area contributed by atoms with Crippen LogP contribution >= 0.6 is 11.6 Å². The molecule has 1 aliphatic heterocycles. The second-order valence-corrected chi connectivity index (χ2v) is 7.00. The van der Waals surface area contributed by atoms with Gasteiger partial charge in [-0.05, 0) is 19.4 Å². The summed E-state index contributed by atoms with van der Waals surface area (Å²) in [5.74, 6) is 0.309. The molecule has 0 N–H and O–H groups in total. The molecule has 1 aliphatic rings. The number of aryl methyl sites for hydroxylation is 1. The number of halogens is 1. The van der Waals surface area contributed by atoms with Crippen molar-refractivity contribution < 1.29 is 13.2 Å². The third-order valence-corrected chi connectivity index (χ3v) is 5.88. The van der Waals surface area contributed by atoms with E-state index in [1.807, 2.05) is 18.4 Å². The molecule has 5 nitrogen and oxygen atoms in total. The Morgan fingerprint density at radius 1 is 1.45 bits per heavy atom. The lowest BCUT2D eigenvalue weighted by Crippen LogP contribution is -2.48. The van der Waals surface area contributed by atoms with Crippen molar-refractivity contribution in [3.8, 4) is 0 Å². The first kappa shape index (κ1) is 15.8. The van der Waals surface area contributed by atoms with Gasteiger partial charge in [-0.3, -0.25) is 0 Å². The first-order valence-corrected chi connectivity index (χ1v) is 8.86. The molecule has 1 aromatic rings. The summed E-state index contributed by atoms with van der Waals surface area (Å²) < 4.78 is 34.3. The topological polar surface area (TPSA) is 51.5 Å². The zero-order chi connectivity index (χ0) is 14.8. The number of morpholine rings is 1. The van der Waals surface area contributed by atoms with E-state index in [0.29, 0.717) is 37.1 Å². The molecule has 20 heavy (non-hydrogen) atoms. The lowest BCUT2D eigenvalue weighted by atomic mass is 10.2. The Balaban J connectivity index is 2.36. The summed E-state index contributed by atoms with van der Waals surface area (Å²) in [6.45, 7) is 5.98. The summed E-state index contributed by atoms with van der Waals surface area (Å²) >= 11 is 5.87. The molecule has 2 heterocycles. The standard InChI is InChI=1S/C13H21ClN2O3S/c1-3-11-10-19-6-5-16(11)20(17,18)13-7-12(8-14)15(4-2)9-13/h7,9,11H,3-6,8,10H2,1-2H3. The molecule has 0 radical (unpaired) electrons. The Morgan fingerprint density at radius 2 is 2.20 bits per heavy atom. The number of rotatable bonds is 5. The SMILES string of the molecule is CCC1COCCN1S(=O)(=O)c1cc(CCl)n(CC)c1. The maximum atomic E-state index is 12.8. The van der Waals surface area contributed by atoms with Crippen LogP contribution in [-0.4, -0.2) is 43.1 Å². The van der Waals surface area contributed by atoms with Crippen LogP contribution in [0.15, 0.2) is 17.2 Å². The summed E-state index contributed by atoms with van der Waals surface area (Å²) in [7, 11) is -3.47. The molecular weight excluding hydrogens is 300 g/mol. The molecule has 0 bridgehead atoms. The molecule has 1 atom stereocenters. The van der Waals surface area contributed by atoms with Gasteiger partial charge in [-0.15, -0.1) is 11.6 Å². The molecule has 1 fully saturated rings. The van der Waals surface area contributed by atoms with Gasteiger partial charge in [-0.25, -0.2) is 8.42 Å². The van der Waals surface area contributed by atoms with Gasteiger partial charge < -0.3 is 9.30 Å². The first-order valence-electron chi connectivity index (χ1n) is 6.89. The van der Waals surface area contributed by atoms with E-state index >= 15 is 0 Å². The van der Waals surface area contributed by atoms with Crippen LogP contribution in [0.4, 0.5) is 0 Å². The summed E-state index contributed by atoms with van der Waals surface area (Å²) in [5.41, 5.74) is 0.828. The number of hydrogen-bond donors (Lipinski definition) is 0. The second-order valence-electron chi connectivity index (χ2n) is 4.84. The van der Waals surface area contributed by atoms with E-state index in [1.165, 1.54) is 0 Å². The van der Waals surface area contributed by atoms with Gasteiger partial charge in [-0.1, -0.05) is 6.92 Å². The molecule has 0 aromatic carbocycles. The average molecular weight is 321 g/mol. The molecule has 0 amide bonds. The van der Waals surface area contributed by atoms with Crippen molar-refractivity contribution in [1.29, 1.82) is 0 Å². The number of ether oxygens (including phenoxy) is 1. The van der Waals surface area contributed by atoms with Crippen LogP contribution in [0.3, 0.4) is 0 Å². The Kier molecular flexibility index (Phi) is 5.12. The molecule has 1 saturated heterocycles. The predicted molar refractivity (Wildman–Crippen MR) is 78.5 cm³/mol. The molecule has 7 heteroatoms. The van der Waals surface area contributed by atoms with Crippen LogP contribution < -0.4 is 0 Å². The van der Waals surface area contributed by atoms with Gasteiger partial charge in [0.05, 0.1) is 19.1 Å². The first-order chi connectivity index (χ1) is 9.54. The maximum absolute atomic E-state index is 12.8. The number of nitrogens with zero attached hydrogens (tertiary/aromatic N) is 2. The van der Waals surface area contributed by atoms with Gasteiger partial charge in [0.2, 0.25) is 10.0 Å². The van der Waals surface area contributed by atoms with E-state index < -0.39 is 10.0 Å². The van der Waals surface area contributed by atoms with Gasteiger partial charge >= 0.3 is 0 Å². The third-order valence-electron chi connectivity index (χ3n) is 3.69. The van der Waals surface area contributed by atoms with E-state index in [-0.39, 0.29) is 6.04 Å². The van der Waals surface area contributed by atoms with Crippen LogP contribution in [0.25, 0.3) is 0 Å². The normalized spacial score (nSPS) is 21.2. The maximum Gasteiger partial charge on any atom is 0.245 e. The van der Waals surface area contributed by atoms with Crippen LogP contribution in [0.5, 0.6) is 0 Å². The predicted octanol–water partition coefficient (Wildman–Crippen LogP) is 2.05. The van der Waals surface area contributed by atoms with Gasteiger partial charge in [0.1, 0.15) is 4.90 Å². The van der Waals surface area contributed by atoms with Crippen molar-refractivity contribution in [3.05, 3.63) is 18.0 Å². The highest BCUT2D eigenvalue weighted by Gasteiger charge is 2.33. The van der Waals surface area contributed by atoms with E-state index in [0.717, 1.165) is 12.1 Å². The average Bonchev–Trinajstić information content (AvgIpc) is 2.91. The monoisotopic (exact) mass is 320 g/mol. The van der Waals surface area contributed by atoms with Crippen LogP contribution in [0.2, 0.25) is 0 Å². The Labute approximate surface area is 125 Å². The highest BCUT2D eigenvalue weighted by Crippen LogP contribution is 2.24. The Morgan fingerprint density at radius 3 is 2.75 bits per heavy atom. The molecule has 114 valence electrons. The summed E-state index contributed by atoms with van der Waals surface area (Å²) in [5, 5.41) is 0. The van der Waals surface area contributed by atoms with E-state index in [9.17, 15) is 8.42 Å². The Bertz CT molecular complexity index is 534. The van der Waals surface area contributed by atoms with Crippen molar-refractivity contribution in [2.45, 2.75) is 43.6 Å². The van der Waals surface area contributed by atoms with Crippen molar-refractivity contribution in [2.75, 3.05) is 19.8 Å². The van der Waals surface area contributed by atoms with Crippen molar-refractivity contribution in [3.63, 3.8) is 0 Å². The summed E-state index contributed by atoms with van der Waals surface area (Å²) in [4.78, 5) is 0.329. The zero-order valence-electron chi connectivity index (χ0n) is 11.9. The number of sulfonamides is 1. The van der Waals surface area contributed by atoms with Gasteiger partial charge in [0.15, 0.2) is 0 Å². The highest BCUT2D eigenvalue weighted by molar-refractivity contribution is 7.89. The number of aromatic nitrogens is 1. The summed E-state index contributed by atoms with van der Waals surface area (Å²) in [6.07, 6.45) is 2.42. The fourth-order valence-corrected chi connectivity index (χ4v) is 4.45. The second kappa shape index (κ2) is 6.47. The van der Waals surface area contributed by atoms with Crippen LogP contribution in [0.1, 0.15) is 26.0 Å². The van der Waals surface area contributed by atoms with Crippen LogP contribution in [0, 0.1) is 0 Å². The molecule has 0 saturated carbocycles. The molecular formula is C13H21ClN2O3S. The molecule has 1 aromatic heterocycles. The van der Waals surface area contributed by atoms with E-state index in [4.69, 9.17) is 16.3 Å². The lowest BCUT2D eigenvalue weighted by molar-refractivity contribution is 0.0314. The van der Waals surface area contributed by atoms with Crippen molar-refractivity contribution >= 4 is 21.6 Å². The minimum atomic E-state index is -3.47. The fraction of sp³-hybridized carbons (Fsp3) is 0.692. The largest absolute Gasteiger partial charge is 0.378 e. The Hall–Kier alpha value is -0.560.